The second kappa shape index (κ2) is 12.0. The lowest BCUT2D eigenvalue weighted by molar-refractivity contribution is -0.132. The average molecular weight is 605 g/mol. The Kier molecular flexibility index (Phi) is 7.93. The molecule has 2 heterocycles. The topological polar surface area (TPSA) is 89.0 Å². The number of aryl methyl sites for hydroxylation is 3. The van der Waals surface area contributed by atoms with Crippen molar-refractivity contribution >= 4 is 44.1 Å². The largest absolute Gasteiger partial charge is 0.507 e. The van der Waals surface area contributed by atoms with Gasteiger partial charge in [-0.05, 0) is 68.1 Å². The number of benzene rings is 4. The highest BCUT2D eigenvalue weighted by Crippen LogP contribution is 2.46. The van der Waals surface area contributed by atoms with E-state index in [1.165, 1.54) is 16.2 Å². The molecule has 1 N–H and O–H groups in total. The van der Waals surface area contributed by atoms with Crippen molar-refractivity contribution in [3.8, 4) is 11.5 Å². The Morgan fingerprint density at radius 2 is 1.64 bits per heavy atom. The van der Waals surface area contributed by atoms with Crippen molar-refractivity contribution in [1.29, 1.82) is 0 Å². The zero-order chi connectivity index (χ0) is 31.0. The number of carbonyl (C=O) groups excluding carboxylic acids is 2. The molecule has 0 spiro atoms. The molecule has 1 saturated heterocycles. The number of ether oxygens (including phenoxy) is 2. The quantitative estimate of drug-likeness (QED) is 0.110. The number of Topliss-reactive ketones (excluding diaryl/α,β-unsaturated/α-hetero) is 1. The van der Waals surface area contributed by atoms with Crippen molar-refractivity contribution in [2.24, 2.45) is 0 Å². The van der Waals surface area contributed by atoms with E-state index in [1.807, 2.05) is 82.3 Å². The van der Waals surface area contributed by atoms with Crippen LogP contribution in [-0.4, -0.2) is 28.4 Å². The van der Waals surface area contributed by atoms with E-state index in [9.17, 15) is 14.7 Å². The Morgan fingerprint density at radius 3 is 2.36 bits per heavy atom. The van der Waals surface area contributed by atoms with Crippen LogP contribution in [0.5, 0.6) is 11.5 Å². The first-order chi connectivity index (χ1) is 21.2. The molecule has 5 aromatic rings. The van der Waals surface area contributed by atoms with Crippen LogP contribution in [0.15, 0.2) is 90.5 Å². The Morgan fingerprint density at radius 1 is 0.886 bits per heavy atom. The molecular formula is C36H32N2O5S. The second-order valence-electron chi connectivity index (χ2n) is 10.9. The Balaban J connectivity index is 1.50. The van der Waals surface area contributed by atoms with E-state index in [-0.39, 0.29) is 11.3 Å². The van der Waals surface area contributed by atoms with Crippen LogP contribution in [-0.2, 0) is 16.2 Å². The highest BCUT2D eigenvalue weighted by Gasteiger charge is 2.48. The summed E-state index contributed by atoms with van der Waals surface area (Å²) < 4.78 is 13.0. The highest BCUT2D eigenvalue weighted by atomic mass is 32.1. The van der Waals surface area contributed by atoms with Gasteiger partial charge in [0.05, 0.1) is 28.4 Å². The number of ketones is 1. The number of carbonyl (C=O) groups is 2. The van der Waals surface area contributed by atoms with E-state index in [1.54, 1.807) is 30.3 Å². The number of fused-ring (bicyclic) bond motifs is 1. The summed E-state index contributed by atoms with van der Waals surface area (Å²) in [7, 11) is 0. The molecule has 44 heavy (non-hydrogen) atoms. The molecule has 1 aromatic heterocycles. The molecule has 0 bridgehead atoms. The van der Waals surface area contributed by atoms with Gasteiger partial charge in [0.15, 0.2) is 16.6 Å². The number of thiazole rings is 1. The van der Waals surface area contributed by atoms with Gasteiger partial charge in [-0.1, -0.05) is 83.6 Å². The van der Waals surface area contributed by atoms with Crippen LogP contribution in [0.25, 0.3) is 16.0 Å². The van der Waals surface area contributed by atoms with Crippen LogP contribution in [0.4, 0.5) is 5.13 Å². The van der Waals surface area contributed by atoms with Crippen LogP contribution in [0.1, 0.15) is 46.3 Å². The fourth-order valence-electron chi connectivity index (χ4n) is 5.49. The smallest absolute Gasteiger partial charge is 0.301 e. The van der Waals surface area contributed by atoms with E-state index in [2.05, 4.69) is 0 Å². The SMILES string of the molecule is CCOc1cc(C2/C(=C(\O)c3ccc(C)cc3)C(=O)C(=O)N2c2nc3c(C)cc(C)cc3s2)ccc1OCc1ccccc1. The van der Waals surface area contributed by atoms with Gasteiger partial charge in [0.25, 0.3) is 5.78 Å². The summed E-state index contributed by atoms with van der Waals surface area (Å²) in [5.41, 5.74) is 5.87. The summed E-state index contributed by atoms with van der Waals surface area (Å²) >= 11 is 1.34. The molecule has 4 aromatic carbocycles. The van der Waals surface area contributed by atoms with E-state index in [0.29, 0.717) is 41.0 Å². The first-order valence-electron chi connectivity index (χ1n) is 14.4. The molecule has 1 unspecified atom stereocenters. The van der Waals surface area contributed by atoms with E-state index in [0.717, 1.165) is 32.5 Å². The normalized spacial score (nSPS) is 16.1. The highest BCUT2D eigenvalue weighted by molar-refractivity contribution is 7.22. The number of rotatable bonds is 8. The fourth-order valence-corrected chi connectivity index (χ4v) is 6.66. The summed E-state index contributed by atoms with van der Waals surface area (Å²) in [5, 5.41) is 11.9. The van der Waals surface area contributed by atoms with Crippen LogP contribution >= 0.6 is 11.3 Å². The molecule has 7 nitrogen and oxygen atoms in total. The predicted octanol–water partition coefficient (Wildman–Crippen LogP) is 7.83. The molecule has 1 fully saturated rings. The lowest BCUT2D eigenvalue weighted by Crippen LogP contribution is -2.29. The van der Waals surface area contributed by atoms with E-state index >= 15 is 0 Å². The van der Waals surface area contributed by atoms with E-state index < -0.39 is 17.7 Å². The van der Waals surface area contributed by atoms with Gasteiger partial charge in [-0.3, -0.25) is 14.5 Å². The van der Waals surface area contributed by atoms with Gasteiger partial charge in [-0.2, -0.15) is 0 Å². The maximum atomic E-state index is 13.8. The third-order valence-corrected chi connectivity index (χ3v) is 8.62. The minimum Gasteiger partial charge on any atom is -0.507 e. The Labute approximate surface area is 260 Å². The zero-order valence-corrected chi connectivity index (χ0v) is 25.8. The molecule has 1 aliphatic rings. The first-order valence-corrected chi connectivity index (χ1v) is 15.3. The van der Waals surface area contributed by atoms with E-state index in [4.69, 9.17) is 14.5 Å². The molecule has 0 aliphatic carbocycles. The molecule has 6 rings (SSSR count). The first kappa shape index (κ1) is 29.1. The van der Waals surface area contributed by atoms with Crippen molar-refractivity contribution in [2.45, 2.75) is 40.3 Å². The average Bonchev–Trinajstić information content (AvgIpc) is 3.55. The summed E-state index contributed by atoms with van der Waals surface area (Å²) in [4.78, 5) is 33.8. The maximum Gasteiger partial charge on any atom is 0.301 e. The zero-order valence-electron chi connectivity index (χ0n) is 25.0. The number of anilines is 1. The minimum atomic E-state index is -0.944. The Hall–Kier alpha value is -4.95. The number of nitrogens with zero attached hydrogens (tertiary/aromatic N) is 2. The van der Waals surface area contributed by atoms with Gasteiger partial charge in [0.1, 0.15) is 12.4 Å². The summed E-state index contributed by atoms with van der Waals surface area (Å²) in [6.45, 7) is 8.53. The molecule has 1 atom stereocenters. The minimum absolute atomic E-state index is 0.00795. The third kappa shape index (κ3) is 5.44. The van der Waals surface area contributed by atoms with Crippen molar-refractivity contribution < 1.29 is 24.2 Å². The summed E-state index contributed by atoms with van der Waals surface area (Å²) in [5.74, 6) is -0.771. The van der Waals surface area contributed by atoms with Gasteiger partial charge in [0, 0.05) is 5.56 Å². The van der Waals surface area contributed by atoms with Crippen LogP contribution in [0.3, 0.4) is 0 Å². The lowest BCUT2D eigenvalue weighted by atomic mass is 9.95. The third-order valence-electron chi connectivity index (χ3n) is 7.61. The standard InChI is InChI=1S/C36H32N2O5S/c1-5-42-28-19-26(15-16-27(28)43-20-24-9-7-6-8-10-24)32-30(33(39)25-13-11-21(2)12-14-25)34(40)35(41)38(32)36-37-31-23(4)17-22(3)18-29(31)44-36/h6-19,32,39H,5,20H2,1-4H3/b33-30+. The number of aromatic nitrogens is 1. The predicted molar refractivity (Wildman–Crippen MR) is 173 cm³/mol. The van der Waals surface area contributed by atoms with Crippen molar-refractivity contribution in [1.82, 2.24) is 4.98 Å². The molecule has 1 amide bonds. The molecule has 0 saturated carbocycles. The Bertz CT molecular complexity index is 1910. The summed E-state index contributed by atoms with van der Waals surface area (Å²) in [6.07, 6.45) is 0. The number of aliphatic hydroxyl groups excluding tert-OH is 1. The molecule has 1 aliphatic heterocycles. The fraction of sp³-hybridized carbons (Fsp3) is 0.194. The monoisotopic (exact) mass is 604 g/mol. The van der Waals surface area contributed by atoms with Gasteiger partial charge in [-0.15, -0.1) is 0 Å². The number of hydrogen-bond acceptors (Lipinski definition) is 7. The second-order valence-corrected chi connectivity index (χ2v) is 11.9. The van der Waals surface area contributed by atoms with Gasteiger partial charge >= 0.3 is 5.91 Å². The van der Waals surface area contributed by atoms with Gasteiger partial charge in [0.2, 0.25) is 0 Å². The van der Waals surface area contributed by atoms with Crippen molar-refractivity contribution in [2.75, 3.05) is 11.5 Å². The lowest BCUT2D eigenvalue weighted by Gasteiger charge is -2.24. The number of amides is 1. The number of hydrogen-bond donors (Lipinski definition) is 1. The molecule has 222 valence electrons. The van der Waals surface area contributed by atoms with Crippen LogP contribution < -0.4 is 14.4 Å². The molecule has 8 heteroatoms. The van der Waals surface area contributed by atoms with Gasteiger partial charge < -0.3 is 14.6 Å². The number of aliphatic hydroxyl groups is 1. The summed E-state index contributed by atoms with van der Waals surface area (Å²) in [6, 6.07) is 25.5. The van der Waals surface area contributed by atoms with Gasteiger partial charge in [-0.25, -0.2) is 4.98 Å². The molecular weight excluding hydrogens is 572 g/mol. The van der Waals surface area contributed by atoms with Crippen molar-refractivity contribution in [3.63, 3.8) is 0 Å². The maximum absolute atomic E-state index is 13.8. The van der Waals surface area contributed by atoms with Crippen molar-refractivity contribution in [3.05, 3.63) is 124 Å². The molecule has 0 radical (unpaired) electrons. The van der Waals surface area contributed by atoms with Crippen LogP contribution in [0.2, 0.25) is 0 Å². The van der Waals surface area contributed by atoms with Crippen LogP contribution in [0, 0.1) is 20.8 Å².